The Bertz CT molecular complexity index is 170. The van der Waals surface area contributed by atoms with E-state index < -0.39 is 0 Å². The van der Waals surface area contributed by atoms with Crippen LogP contribution in [0.5, 0.6) is 0 Å². The normalized spacial score (nSPS) is 24.4. The highest BCUT2D eigenvalue weighted by molar-refractivity contribution is 5.77. The zero-order valence-corrected chi connectivity index (χ0v) is 7.79. The third-order valence-electron chi connectivity index (χ3n) is 2.17. The van der Waals surface area contributed by atoms with E-state index in [2.05, 4.69) is 4.90 Å². The number of likely N-dealkylation sites (N-methyl/N-ethyl adjacent to an activating group) is 1. The van der Waals surface area contributed by atoms with Crippen LogP contribution in [-0.4, -0.2) is 55.5 Å². The van der Waals surface area contributed by atoms with Crippen molar-refractivity contribution in [3.8, 4) is 0 Å². The Hall–Kier alpha value is -0.610. The van der Waals surface area contributed by atoms with Gasteiger partial charge < -0.3 is 10.6 Å². The van der Waals surface area contributed by atoms with Gasteiger partial charge in [0.2, 0.25) is 5.91 Å². The maximum atomic E-state index is 11.2. The molecule has 4 heteroatoms. The molecule has 0 aromatic carbocycles. The molecule has 0 aromatic rings. The van der Waals surface area contributed by atoms with Crippen molar-refractivity contribution in [2.45, 2.75) is 12.5 Å². The second-order valence-corrected chi connectivity index (χ2v) is 3.57. The summed E-state index contributed by atoms with van der Waals surface area (Å²) in [6, 6.07) is 0.264. The number of nitrogens with zero attached hydrogens (tertiary/aromatic N) is 2. The van der Waals surface area contributed by atoms with Crippen molar-refractivity contribution < 1.29 is 4.79 Å². The Labute approximate surface area is 73.3 Å². The van der Waals surface area contributed by atoms with Gasteiger partial charge in [0.15, 0.2) is 0 Å². The van der Waals surface area contributed by atoms with E-state index in [9.17, 15) is 4.79 Å². The van der Waals surface area contributed by atoms with Crippen molar-refractivity contribution in [3.63, 3.8) is 0 Å². The smallest absolute Gasteiger partial charge is 0.236 e. The molecular weight excluding hydrogens is 154 g/mol. The fourth-order valence-corrected chi connectivity index (χ4v) is 1.34. The molecule has 4 nitrogen and oxygen atoms in total. The molecule has 0 spiro atoms. The van der Waals surface area contributed by atoms with E-state index in [1.807, 2.05) is 0 Å². The van der Waals surface area contributed by atoms with E-state index in [0.717, 1.165) is 19.5 Å². The topological polar surface area (TPSA) is 49.6 Å². The summed E-state index contributed by atoms with van der Waals surface area (Å²) in [5, 5.41) is 0. The van der Waals surface area contributed by atoms with Crippen LogP contribution >= 0.6 is 0 Å². The van der Waals surface area contributed by atoms with Crippen LogP contribution in [0.4, 0.5) is 0 Å². The fourth-order valence-electron chi connectivity index (χ4n) is 1.34. The molecule has 70 valence electrons. The van der Waals surface area contributed by atoms with E-state index >= 15 is 0 Å². The summed E-state index contributed by atoms with van der Waals surface area (Å²) in [5.41, 5.74) is 5.71. The van der Waals surface area contributed by atoms with Gasteiger partial charge >= 0.3 is 0 Å². The van der Waals surface area contributed by atoms with E-state index in [0.29, 0.717) is 6.54 Å². The Morgan fingerprint density at radius 2 is 2.33 bits per heavy atom. The molecule has 0 saturated carbocycles. The first-order valence-corrected chi connectivity index (χ1v) is 4.27. The molecule has 0 bridgehead atoms. The van der Waals surface area contributed by atoms with Crippen LogP contribution in [0.2, 0.25) is 0 Å². The van der Waals surface area contributed by atoms with Crippen LogP contribution < -0.4 is 5.73 Å². The molecule has 1 fully saturated rings. The Morgan fingerprint density at radius 1 is 1.67 bits per heavy atom. The fraction of sp³-hybridized carbons (Fsp3) is 0.875. The monoisotopic (exact) mass is 171 g/mol. The van der Waals surface area contributed by atoms with Crippen molar-refractivity contribution in [3.05, 3.63) is 0 Å². The predicted octanol–water partition coefficient (Wildman–Crippen LogP) is -0.892. The average molecular weight is 171 g/mol. The van der Waals surface area contributed by atoms with Gasteiger partial charge in [0.05, 0.1) is 6.54 Å². The van der Waals surface area contributed by atoms with Crippen molar-refractivity contribution >= 4 is 5.91 Å². The molecule has 0 aliphatic carbocycles. The third kappa shape index (κ3) is 2.46. The second-order valence-electron chi connectivity index (χ2n) is 3.57. The number of nitrogens with two attached hydrogens (primary N) is 1. The Kier molecular flexibility index (Phi) is 3.05. The molecule has 1 atom stereocenters. The zero-order valence-electron chi connectivity index (χ0n) is 7.79. The minimum atomic E-state index is 0.157. The van der Waals surface area contributed by atoms with Gasteiger partial charge in [-0.2, -0.15) is 0 Å². The van der Waals surface area contributed by atoms with Gasteiger partial charge in [0.25, 0.3) is 0 Å². The van der Waals surface area contributed by atoms with Crippen molar-refractivity contribution in [1.29, 1.82) is 0 Å². The number of likely N-dealkylation sites (tertiary alicyclic amines) is 1. The summed E-state index contributed by atoms with van der Waals surface area (Å²) in [4.78, 5) is 15.0. The van der Waals surface area contributed by atoms with Gasteiger partial charge in [-0.25, -0.2) is 0 Å². The first-order valence-electron chi connectivity index (χ1n) is 4.27. The van der Waals surface area contributed by atoms with Gasteiger partial charge in [-0.05, 0) is 6.42 Å². The van der Waals surface area contributed by atoms with E-state index in [4.69, 9.17) is 5.73 Å². The summed E-state index contributed by atoms with van der Waals surface area (Å²) < 4.78 is 0. The Balaban J connectivity index is 2.28. The van der Waals surface area contributed by atoms with Gasteiger partial charge in [-0.1, -0.05) is 0 Å². The maximum absolute atomic E-state index is 11.2. The summed E-state index contributed by atoms with van der Waals surface area (Å²) in [6.45, 7) is 2.33. The van der Waals surface area contributed by atoms with E-state index in [1.54, 1.807) is 19.0 Å². The molecule has 1 aliphatic heterocycles. The molecule has 0 radical (unpaired) electrons. The number of carbonyl (C=O) groups is 1. The first kappa shape index (κ1) is 9.48. The van der Waals surface area contributed by atoms with Crippen molar-refractivity contribution in [2.24, 2.45) is 5.73 Å². The summed E-state index contributed by atoms with van der Waals surface area (Å²) in [6.07, 6.45) is 1.01. The van der Waals surface area contributed by atoms with Gasteiger partial charge in [-0.15, -0.1) is 0 Å². The average Bonchev–Trinajstić information content (AvgIpc) is 2.35. The predicted molar refractivity (Wildman–Crippen MR) is 47.7 cm³/mol. The lowest BCUT2D eigenvalue weighted by atomic mass is 10.3. The lowest BCUT2D eigenvalue weighted by Crippen LogP contribution is -2.36. The van der Waals surface area contributed by atoms with Crippen LogP contribution in [0.15, 0.2) is 0 Å². The molecule has 1 rings (SSSR count). The van der Waals surface area contributed by atoms with Gasteiger partial charge in [0, 0.05) is 33.2 Å². The molecule has 1 saturated heterocycles. The zero-order chi connectivity index (χ0) is 9.14. The Morgan fingerprint density at radius 3 is 2.75 bits per heavy atom. The third-order valence-corrected chi connectivity index (χ3v) is 2.17. The van der Waals surface area contributed by atoms with Crippen LogP contribution in [-0.2, 0) is 4.79 Å². The standard InChI is InChI=1S/C8H17N3O/c1-10(2)8(12)6-11-4-3-7(9)5-11/h7H,3-6,9H2,1-2H3/t7-/m1/s1. The molecule has 0 unspecified atom stereocenters. The summed E-state index contributed by atoms with van der Waals surface area (Å²) >= 11 is 0. The highest BCUT2D eigenvalue weighted by Gasteiger charge is 2.21. The second kappa shape index (κ2) is 3.87. The van der Waals surface area contributed by atoms with Crippen LogP contribution in [0.1, 0.15) is 6.42 Å². The highest BCUT2D eigenvalue weighted by atomic mass is 16.2. The molecule has 2 N–H and O–H groups in total. The van der Waals surface area contributed by atoms with Crippen molar-refractivity contribution in [1.82, 2.24) is 9.80 Å². The lowest BCUT2D eigenvalue weighted by molar-refractivity contribution is -0.129. The lowest BCUT2D eigenvalue weighted by Gasteiger charge is -2.17. The van der Waals surface area contributed by atoms with Crippen molar-refractivity contribution in [2.75, 3.05) is 33.7 Å². The summed E-state index contributed by atoms with van der Waals surface area (Å²) in [7, 11) is 3.55. The summed E-state index contributed by atoms with van der Waals surface area (Å²) in [5.74, 6) is 0.157. The number of hydrogen-bond acceptors (Lipinski definition) is 3. The largest absolute Gasteiger partial charge is 0.348 e. The van der Waals surface area contributed by atoms with Crippen LogP contribution in [0, 0.1) is 0 Å². The van der Waals surface area contributed by atoms with Gasteiger partial charge in [0.1, 0.15) is 0 Å². The SMILES string of the molecule is CN(C)C(=O)CN1CC[C@@H](N)C1. The van der Waals surface area contributed by atoms with Crippen LogP contribution in [0.25, 0.3) is 0 Å². The number of amides is 1. The number of carbonyl (C=O) groups excluding carboxylic acids is 1. The highest BCUT2D eigenvalue weighted by Crippen LogP contribution is 2.05. The van der Waals surface area contributed by atoms with Crippen LogP contribution in [0.3, 0.4) is 0 Å². The first-order chi connectivity index (χ1) is 5.59. The minimum absolute atomic E-state index is 0.157. The van der Waals surface area contributed by atoms with Gasteiger partial charge in [-0.3, -0.25) is 9.69 Å². The molecule has 12 heavy (non-hydrogen) atoms. The van der Waals surface area contributed by atoms with E-state index in [-0.39, 0.29) is 11.9 Å². The molecule has 1 heterocycles. The number of hydrogen-bond donors (Lipinski definition) is 1. The molecule has 1 aliphatic rings. The van der Waals surface area contributed by atoms with E-state index in [1.165, 1.54) is 0 Å². The molecule has 1 amide bonds. The maximum Gasteiger partial charge on any atom is 0.236 e. The molecule has 0 aromatic heterocycles. The molecular formula is C8H17N3O. The minimum Gasteiger partial charge on any atom is -0.348 e. The number of rotatable bonds is 2. The quantitative estimate of drug-likeness (QED) is 0.586.